The van der Waals surface area contributed by atoms with E-state index in [2.05, 4.69) is 23.0 Å². The lowest BCUT2D eigenvalue weighted by Gasteiger charge is -2.35. The van der Waals surface area contributed by atoms with Crippen molar-refractivity contribution in [2.75, 3.05) is 26.8 Å². The van der Waals surface area contributed by atoms with Crippen LogP contribution in [0.4, 0.5) is 0 Å². The van der Waals surface area contributed by atoms with Crippen LogP contribution in [0.1, 0.15) is 36.7 Å². The van der Waals surface area contributed by atoms with E-state index in [1.807, 2.05) is 36.4 Å². The molecule has 2 atom stereocenters. The molecule has 3 heterocycles. The first-order valence-electron chi connectivity index (χ1n) is 10.7. The van der Waals surface area contributed by atoms with Crippen LogP contribution in [0.15, 0.2) is 42.5 Å². The highest BCUT2D eigenvalue weighted by molar-refractivity contribution is 5.81. The molecule has 0 radical (unpaired) electrons. The molecule has 6 heteroatoms. The lowest BCUT2D eigenvalue weighted by molar-refractivity contribution is -0.119. The van der Waals surface area contributed by atoms with Crippen LogP contribution in [0.2, 0.25) is 0 Å². The highest BCUT2D eigenvalue weighted by Crippen LogP contribution is 2.35. The molecule has 0 bridgehead atoms. The zero-order valence-corrected chi connectivity index (χ0v) is 17.3. The van der Waals surface area contributed by atoms with Crippen molar-refractivity contribution in [3.05, 3.63) is 53.9 Å². The van der Waals surface area contributed by atoms with Crippen LogP contribution in [0.3, 0.4) is 0 Å². The van der Waals surface area contributed by atoms with Crippen molar-refractivity contribution in [1.29, 1.82) is 0 Å². The van der Waals surface area contributed by atoms with Gasteiger partial charge >= 0.3 is 0 Å². The summed E-state index contributed by atoms with van der Waals surface area (Å²) in [5.74, 6) is 3.17. The molecule has 3 aromatic rings. The number of Topliss-reactive ketones (excluding diaryl/α,β-unsaturated/α-hetero) is 1. The molecule has 30 heavy (non-hydrogen) atoms. The average molecular weight is 405 g/mol. The number of H-pyrrole nitrogens is 1. The maximum atomic E-state index is 12.8. The van der Waals surface area contributed by atoms with Crippen molar-refractivity contribution in [1.82, 2.24) is 14.9 Å². The molecule has 2 aliphatic rings. The Labute approximate surface area is 176 Å². The minimum absolute atomic E-state index is 0.221. The number of rotatable bonds is 5. The zero-order chi connectivity index (χ0) is 20.5. The molecular formula is C24H27N3O3. The monoisotopic (exact) mass is 405 g/mol. The number of carbonyl (C=O) groups is 1. The van der Waals surface area contributed by atoms with E-state index < -0.39 is 0 Å². The van der Waals surface area contributed by atoms with Crippen molar-refractivity contribution < 1.29 is 14.3 Å². The largest absolute Gasteiger partial charge is 0.486 e. The average Bonchev–Trinajstić information content (AvgIpc) is 3.19. The van der Waals surface area contributed by atoms with E-state index in [0.717, 1.165) is 53.3 Å². The van der Waals surface area contributed by atoms with E-state index in [0.29, 0.717) is 32.0 Å². The Morgan fingerprint density at radius 3 is 2.87 bits per heavy atom. The SMILES string of the molecule is CN1CCC(CC(=O)Cc2ccc3c(c2)OCCO3)CC1c1nc2ccccc2[nH]1. The fourth-order valence-electron chi connectivity index (χ4n) is 4.61. The van der Waals surface area contributed by atoms with E-state index in [9.17, 15) is 4.79 Å². The second kappa shape index (κ2) is 8.11. The molecule has 156 valence electrons. The number of carbonyl (C=O) groups excluding carboxylic acids is 1. The number of piperidine rings is 1. The van der Waals surface area contributed by atoms with E-state index >= 15 is 0 Å². The second-order valence-corrected chi connectivity index (χ2v) is 8.42. The number of ketones is 1. The number of ether oxygens (including phenoxy) is 2. The quantitative estimate of drug-likeness (QED) is 0.697. The van der Waals surface area contributed by atoms with Gasteiger partial charge in [-0.15, -0.1) is 0 Å². The molecule has 5 rings (SSSR count). The van der Waals surface area contributed by atoms with Crippen molar-refractivity contribution in [3.63, 3.8) is 0 Å². The number of fused-ring (bicyclic) bond motifs is 2. The number of para-hydroxylation sites is 2. The molecule has 2 aromatic carbocycles. The van der Waals surface area contributed by atoms with Crippen LogP contribution in [0.5, 0.6) is 11.5 Å². The van der Waals surface area contributed by atoms with Gasteiger partial charge in [-0.3, -0.25) is 9.69 Å². The van der Waals surface area contributed by atoms with Gasteiger partial charge < -0.3 is 14.5 Å². The molecule has 6 nitrogen and oxygen atoms in total. The van der Waals surface area contributed by atoms with Crippen molar-refractivity contribution in [3.8, 4) is 11.5 Å². The molecule has 1 fully saturated rings. The summed E-state index contributed by atoms with van der Waals surface area (Å²) in [7, 11) is 2.14. The van der Waals surface area contributed by atoms with Gasteiger partial charge in [0, 0.05) is 12.8 Å². The molecule has 0 spiro atoms. The van der Waals surface area contributed by atoms with Crippen LogP contribution in [0, 0.1) is 5.92 Å². The van der Waals surface area contributed by atoms with Gasteiger partial charge in [-0.25, -0.2) is 4.98 Å². The minimum atomic E-state index is 0.221. The Morgan fingerprint density at radius 2 is 2.00 bits per heavy atom. The maximum Gasteiger partial charge on any atom is 0.161 e. The third-order valence-corrected chi connectivity index (χ3v) is 6.23. The predicted molar refractivity (Wildman–Crippen MR) is 115 cm³/mol. The minimum Gasteiger partial charge on any atom is -0.486 e. The van der Waals surface area contributed by atoms with Gasteiger partial charge in [0.2, 0.25) is 0 Å². The molecule has 2 aliphatic heterocycles. The summed E-state index contributed by atoms with van der Waals surface area (Å²) in [6.45, 7) is 2.11. The molecule has 1 aromatic heterocycles. The Kier molecular flexibility index (Phi) is 5.17. The Balaban J connectivity index is 1.24. The number of nitrogens with one attached hydrogen (secondary N) is 1. The molecule has 2 unspecified atom stereocenters. The highest BCUT2D eigenvalue weighted by atomic mass is 16.6. The van der Waals surface area contributed by atoms with Crippen molar-refractivity contribution >= 4 is 16.8 Å². The first-order valence-corrected chi connectivity index (χ1v) is 10.7. The summed E-state index contributed by atoms with van der Waals surface area (Å²) >= 11 is 0. The molecular weight excluding hydrogens is 378 g/mol. The summed E-state index contributed by atoms with van der Waals surface area (Å²) in [6, 6.07) is 14.2. The van der Waals surface area contributed by atoms with E-state index in [1.165, 1.54) is 0 Å². The standard InChI is InChI=1S/C24H27N3O3/c1-27-9-8-17(14-21(27)24-25-19-4-2-3-5-20(19)26-24)13-18(28)12-16-6-7-22-23(15-16)30-11-10-29-22/h2-7,15,17,21H,8-14H2,1H3,(H,25,26). The maximum absolute atomic E-state index is 12.8. The summed E-state index contributed by atoms with van der Waals surface area (Å²) in [5, 5.41) is 0. The van der Waals surface area contributed by atoms with Crippen LogP contribution >= 0.6 is 0 Å². The molecule has 1 saturated heterocycles. The van der Waals surface area contributed by atoms with E-state index in [4.69, 9.17) is 14.5 Å². The van der Waals surface area contributed by atoms with E-state index in [1.54, 1.807) is 0 Å². The number of aromatic amines is 1. The number of imidazole rings is 1. The normalized spacial score (nSPS) is 21.6. The molecule has 0 saturated carbocycles. The number of nitrogens with zero attached hydrogens (tertiary/aromatic N) is 2. The first kappa shape index (κ1) is 19.1. The lowest BCUT2D eigenvalue weighted by atomic mass is 9.86. The number of hydrogen-bond donors (Lipinski definition) is 1. The Morgan fingerprint density at radius 1 is 1.17 bits per heavy atom. The molecule has 0 amide bonds. The van der Waals surface area contributed by atoms with Gasteiger partial charge in [0.1, 0.15) is 24.8 Å². The molecule has 0 aliphatic carbocycles. The highest BCUT2D eigenvalue weighted by Gasteiger charge is 2.30. The summed E-state index contributed by atoms with van der Waals surface area (Å²) < 4.78 is 11.2. The number of aromatic nitrogens is 2. The fraction of sp³-hybridized carbons (Fsp3) is 0.417. The van der Waals surface area contributed by atoms with Crippen LogP contribution in [-0.2, 0) is 11.2 Å². The van der Waals surface area contributed by atoms with Crippen LogP contribution < -0.4 is 9.47 Å². The smallest absolute Gasteiger partial charge is 0.161 e. The number of benzene rings is 2. The van der Waals surface area contributed by atoms with Crippen molar-refractivity contribution in [2.24, 2.45) is 5.92 Å². The Bertz CT molecular complexity index is 1030. The summed E-state index contributed by atoms with van der Waals surface area (Å²) in [5.41, 5.74) is 3.06. The zero-order valence-electron chi connectivity index (χ0n) is 17.3. The third kappa shape index (κ3) is 3.92. The molecule has 1 N–H and O–H groups in total. The second-order valence-electron chi connectivity index (χ2n) is 8.42. The van der Waals surface area contributed by atoms with Crippen LogP contribution in [-0.4, -0.2) is 47.5 Å². The summed E-state index contributed by atoms with van der Waals surface area (Å²) in [6.07, 6.45) is 3.04. The van der Waals surface area contributed by atoms with Crippen LogP contribution in [0.25, 0.3) is 11.0 Å². The van der Waals surface area contributed by atoms with Gasteiger partial charge in [-0.1, -0.05) is 18.2 Å². The van der Waals surface area contributed by atoms with Gasteiger partial charge in [0.05, 0.1) is 17.1 Å². The predicted octanol–water partition coefficient (Wildman–Crippen LogP) is 3.92. The van der Waals surface area contributed by atoms with Gasteiger partial charge in [-0.2, -0.15) is 0 Å². The number of likely N-dealkylation sites (tertiary alicyclic amines) is 1. The van der Waals surface area contributed by atoms with Crippen molar-refractivity contribution in [2.45, 2.75) is 31.7 Å². The van der Waals surface area contributed by atoms with Gasteiger partial charge in [0.25, 0.3) is 0 Å². The van der Waals surface area contributed by atoms with Gasteiger partial charge in [-0.05, 0) is 62.2 Å². The fourth-order valence-corrected chi connectivity index (χ4v) is 4.61. The third-order valence-electron chi connectivity index (χ3n) is 6.23. The first-order chi connectivity index (χ1) is 14.7. The van der Waals surface area contributed by atoms with E-state index in [-0.39, 0.29) is 11.8 Å². The summed E-state index contributed by atoms with van der Waals surface area (Å²) in [4.78, 5) is 23.4. The van der Waals surface area contributed by atoms with Gasteiger partial charge in [0.15, 0.2) is 11.5 Å². The Hall–Kier alpha value is -2.86. The topological polar surface area (TPSA) is 67.5 Å². The lowest BCUT2D eigenvalue weighted by Crippen LogP contribution is -2.35. The number of hydrogen-bond acceptors (Lipinski definition) is 5.